The SMILES string of the molecule is CCC(CC)C(N)Cc1nc2ccccc2n1CC. The van der Waals surface area contributed by atoms with Gasteiger partial charge < -0.3 is 10.3 Å². The second-order valence-corrected chi connectivity index (χ2v) is 5.21. The van der Waals surface area contributed by atoms with Crippen LogP contribution in [0.3, 0.4) is 0 Å². The van der Waals surface area contributed by atoms with E-state index in [9.17, 15) is 0 Å². The molecule has 0 saturated carbocycles. The fraction of sp³-hybridized carbons (Fsp3) is 0.562. The number of aryl methyl sites for hydroxylation is 1. The van der Waals surface area contributed by atoms with Crippen molar-refractivity contribution in [3.8, 4) is 0 Å². The van der Waals surface area contributed by atoms with E-state index in [0.717, 1.165) is 37.1 Å². The van der Waals surface area contributed by atoms with Crippen LogP contribution in [0.25, 0.3) is 11.0 Å². The zero-order chi connectivity index (χ0) is 13.8. The molecule has 0 spiro atoms. The van der Waals surface area contributed by atoms with E-state index in [2.05, 4.69) is 43.5 Å². The summed E-state index contributed by atoms with van der Waals surface area (Å²) in [5.74, 6) is 1.72. The van der Waals surface area contributed by atoms with Gasteiger partial charge in [0.15, 0.2) is 0 Å². The van der Waals surface area contributed by atoms with E-state index in [1.165, 1.54) is 5.52 Å². The number of aromatic nitrogens is 2. The molecule has 0 bridgehead atoms. The Morgan fingerprint density at radius 1 is 1.16 bits per heavy atom. The molecule has 19 heavy (non-hydrogen) atoms. The number of rotatable bonds is 6. The van der Waals surface area contributed by atoms with Gasteiger partial charge in [-0.2, -0.15) is 0 Å². The minimum atomic E-state index is 0.206. The molecular weight excluding hydrogens is 234 g/mol. The van der Waals surface area contributed by atoms with Gasteiger partial charge in [-0.1, -0.05) is 38.8 Å². The third-order valence-corrected chi connectivity index (χ3v) is 4.12. The van der Waals surface area contributed by atoms with Gasteiger partial charge in [-0.3, -0.25) is 0 Å². The number of nitrogens with zero attached hydrogens (tertiary/aromatic N) is 2. The van der Waals surface area contributed by atoms with Gasteiger partial charge in [0.25, 0.3) is 0 Å². The highest BCUT2D eigenvalue weighted by Gasteiger charge is 2.18. The van der Waals surface area contributed by atoms with Crippen LogP contribution < -0.4 is 5.73 Å². The lowest BCUT2D eigenvalue weighted by atomic mass is 9.92. The average Bonchev–Trinajstić information content (AvgIpc) is 2.77. The smallest absolute Gasteiger partial charge is 0.111 e. The van der Waals surface area contributed by atoms with Crippen molar-refractivity contribution >= 4 is 11.0 Å². The Kier molecular flexibility index (Phi) is 4.59. The largest absolute Gasteiger partial charge is 0.328 e. The first-order chi connectivity index (χ1) is 9.21. The summed E-state index contributed by atoms with van der Waals surface area (Å²) in [6.45, 7) is 7.55. The number of hydrogen-bond acceptors (Lipinski definition) is 2. The first-order valence-electron chi connectivity index (χ1n) is 7.40. The average molecular weight is 259 g/mol. The second-order valence-electron chi connectivity index (χ2n) is 5.21. The van der Waals surface area contributed by atoms with E-state index >= 15 is 0 Å². The zero-order valence-corrected chi connectivity index (χ0v) is 12.3. The number of benzene rings is 1. The Morgan fingerprint density at radius 2 is 1.84 bits per heavy atom. The van der Waals surface area contributed by atoms with Crippen molar-refractivity contribution < 1.29 is 0 Å². The Morgan fingerprint density at radius 3 is 2.47 bits per heavy atom. The van der Waals surface area contributed by atoms with Crippen molar-refractivity contribution in [1.29, 1.82) is 0 Å². The van der Waals surface area contributed by atoms with Crippen molar-refractivity contribution in [1.82, 2.24) is 9.55 Å². The van der Waals surface area contributed by atoms with Gasteiger partial charge >= 0.3 is 0 Å². The fourth-order valence-corrected chi connectivity index (χ4v) is 2.91. The van der Waals surface area contributed by atoms with Crippen molar-refractivity contribution in [2.75, 3.05) is 0 Å². The monoisotopic (exact) mass is 259 g/mol. The highest BCUT2D eigenvalue weighted by Crippen LogP contribution is 2.20. The van der Waals surface area contributed by atoms with Crippen molar-refractivity contribution in [3.63, 3.8) is 0 Å². The van der Waals surface area contributed by atoms with Gasteiger partial charge in [0.2, 0.25) is 0 Å². The van der Waals surface area contributed by atoms with Gasteiger partial charge in [-0.05, 0) is 25.0 Å². The summed E-state index contributed by atoms with van der Waals surface area (Å²) in [6.07, 6.45) is 3.16. The summed E-state index contributed by atoms with van der Waals surface area (Å²) < 4.78 is 2.29. The second kappa shape index (κ2) is 6.20. The molecule has 2 rings (SSSR count). The molecule has 1 aromatic heterocycles. The lowest BCUT2D eigenvalue weighted by molar-refractivity contribution is 0.386. The van der Waals surface area contributed by atoms with Gasteiger partial charge in [-0.25, -0.2) is 4.98 Å². The van der Waals surface area contributed by atoms with Crippen LogP contribution in [0, 0.1) is 5.92 Å². The van der Waals surface area contributed by atoms with Gasteiger partial charge in [0.05, 0.1) is 11.0 Å². The third-order valence-electron chi connectivity index (χ3n) is 4.12. The van der Waals surface area contributed by atoms with Crippen LogP contribution >= 0.6 is 0 Å². The maximum atomic E-state index is 6.36. The predicted molar refractivity (Wildman–Crippen MR) is 81.2 cm³/mol. The lowest BCUT2D eigenvalue weighted by Gasteiger charge is -2.21. The quantitative estimate of drug-likeness (QED) is 0.864. The van der Waals surface area contributed by atoms with Crippen LogP contribution in [0.2, 0.25) is 0 Å². The molecule has 0 aliphatic carbocycles. The van der Waals surface area contributed by atoms with E-state index in [1.807, 2.05) is 6.07 Å². The van der Waals surface area contributed by atoms with E-state index in [-0.39, 0.29) is 6.04 Å². The summed E-state index contributed by atoms with van der Waals surface area (Å²) in [6, 6.07) is 8.53. The molecule has 2 N–H and O–H groups in total. The van der Waals surface area contributed by atoms with Crippen LogP contribution in [-0.4, -0.2) is 15.6 Å². The molecule has 3 heteroatoms. The topological polar surface area (TPSA) is 43.8 Å². The highest BCUT2D eigenvalue weighted by atomic mass is 15.1. The maximum absolute atomic E-state index is 6.36. The van der Waals surface area contributed by atoms with Gasteiger partial charge in [0, 0.05) is 19.0 Å². The maximum Gasteiger partial charge on any atom is 0.111 e. The van der Waals surface area contributed by atoms with E-state index in [1.54, 1.807) is 0 Å². The summed E-state index contributed by atoms with van der Waals surface area (Å²) in [5, 5.41) is 0. The van der Waals surface area contributed by atoms with Crippen molar-refractivity contribution in [3.05, 3.63) is 30.1 Å². The Bertz CT molecular complexity index is 526. The molecule has 1 heterocycles. The molecule has 1 atom stereocenters. The van der Waals surface area contributed by atoms with Crippen LogP contribution in [-0.2, 0) is 13.0 Å². The first-order valence-corrected chi connectivity index (χ1v) is 7.40. The molecule has 1 unspecified atom stereocenters. The third kappa shape index (κ3) is 2.81. The molecule has 104 valence electrons. The molecular formula is C16H25N3. The van der Waals surface area contributed by atoms with Crippen molar-refractivity contribution in [2.45, 2.75) is 52.6 Å². The van der Waals surface area contributed by atoms with Crippen LogP contribution in [0.4, 0.5) is 0 Å². The number of hydrogen-bond donors (Lipinski definition) is 1. The summed E-state index contributed by atoms with van der Waals surface area (Å²) >= 11 is 0. The standard InChI is InChI=1S/C16H25N3/c1-4-12(5-2)13(17)11-16-18-14-9-7-8-10-15(14)19(16)6-3/h7-10,12-13H,4-6,11,17H2,1-3H3. The number of fused-ring (bicyclic) bond motifs is 1. The molecule has 0 fully saturated rings. The Hall–Kier alpha value is -1.35. The lowest BCUT2D eigenvalue weighted by Crippen LogP contribution is -2.32. The van der Waals surface area contributed by atoms with Gasteiger partial charge in [0.1, 0.15) is 5.82 Å². The molecule has 3 nitrogen and oxygen atoms in total. The molecule has 0 aliphatic rings. The molecule has 0 amide bonds. The molecule has 1 aromatic carbocycles. The Balaban J connectivity index is 2.29. The van der Waals surface area contributed by atoms with Crippen LogP contribution in [0.1, 0.15) is 39.4 Å². The Labute approximate surface area is 115 Å². The van der Waals surface area contributed by atoms with Crippen molar-refractivity contribution in [2.24, 2.45) is 11.7 Å². The molecule has 0 radical (unpaired) electrons. The molecule has 2 aromatic rings. The summed E-state index contributed by atoms with van der Waals surface area (Å²) in [7, 11) is 0. The fourth-order valence-electron chi connectivity index (χ4n) is 2.91. The summed E-state index contributed by atoms with van der Waals surface area (Å²) in [4.78, 5) is 4.76. The predicted octanol–water partition coefficient (Wildman–Crippen LogP) is 3.36. The highest BCUT2D eigenvalue weighted by molar-refractivity contribution is 5.75. The number of imidazole rings is 1. The minimum absolute atomic E-state index is 0.206. The summed E-state index contributed by atoms with van der Waals surface area (Å²) in [5.41, 5.74) is 8.66. The minimum Gasteiger partial charge on any atom is -0.328 e. The van der Waals surface area contributed by atoms with Crippen LogP contribution in [0.5, 0.6) is 0 Å². The van der Waals surface area contributed by atoms with E-state index < -0.39 is 0 Å². The molecule has 0 saturated heterocycles. The van der Waals surface area contributed by atoms with Crippen LogP contribution in [0.15, 0.2) is 24.3 Å². The van der Waals surface area contributed by atoms with E-state index in [4.69, 9.17) is 10.7 Å². The number of nitrogens with two attached hydrogens (primary N) is 1. The van der Waals surface area contributed by atoms with Gasteiger partial charge in [-0.15, -0.1) is 0 Å². The van der Waals surface area contributed by atoms with E-state index in [0.29, 0.717) is 5.92 Å². The molecule has 0 aliphatic heterocycles. The normalized spacial score (nSPS) is 13.3. The number of para-hydroxylation sites is 2. The zero-order valence-electron chi connectivity index (χ0n) is 12.3. The first kappa shape index (κ1) is 14.1.